The van der Waals surface area contributed by atoms with Crippen molar-refractivity contribution in [3.8, 4) is 40.2 Å². The normalized spacial score (nSPS) is 18.1. The molecule has 7 aromatic carbocycles. The Balaban J connectivity index is 0.546. The van der Waals surface area contributed by atoms with Crippen molar-refractivity contribution in [2.45, 2.75) is 182 Å². The summed E-state index contributed by atoms with van der Waals surface area (Å²) in [5, 5.41) is 56.9. The third kappa shape index (κ3) is 26.0. The number of aliphatic imine (C=N–C) groups is 2. The van der Waals surface area contributed by atoms with Gasteiger partial charge in [-0.2, -0.15) is 0 Å². The molecule has 1 fully saturated rings. The van der Waals surface area contributed by atoms with Crippen LogP contribution >= 0.6 is 0 Å². The van der Waals surface area contributed by atoms with Gasteiger partial charge in [0.2, 0.25) is 6.29 Å². The first-order valence-electron chi connectivity index (χ1n) is 47.1. The molecule has 0 saturated carbocycles. The van der Waals surface area contributed by atoms with Crippen molar-refractivity contribution in [3.05, 3.63) is 236 Å². The maximum Gasteiger partial charge on any atom is 0.501 e. The molecule has 0 radical (unpaired) electrons. The molecule has 6 N–H and O–H groups in total. The quantitative estimate of drug-likeness (QED) is 0.0153. The zero-order chi connectivity index (χ0) is 102. The molecule has 1 unspecified atom stereocenters. The van der Waals surface area contributed by atoms with Crippen LogP contribution in [-0.4, -0.2) is 257 Å². The van der Waals surface area contributed by atoms with Gasteiger partial charge in [0.25, 0.3) is 23.6 Å². The van der Waals surface area contributed by atoms with Gasteiger partial charge < -0.3 is 105 Å². The summed E-state index contributed by atoms with van der Waals surface area (Å²) in [4.78, 5) is 91.4. The van der Waals surface area contributed by atoms with Crippen LogP contribution in [0.5, 0.6) is 40.2 Å². The number of fused-ring (bicyclic) bond motifs is 6. The van der Waals surface area contributed by atoms with E-state index in [4.69, 9.17) is 61.0 Å². The van der Waals surface area contributed by atoms with Crippen molar-refractivity contribution in [2.24, 2.45) is 45.7 Å². The number of aromatic nitrogens is 7. The van der Waals surface area contributed by atoms with E-state index in [0.717, 1.165) is 56.7 Å². The standard InChI is InChI=1S/C103H124N14O24S2/c1-63-16-27-75(28-17-63)142(127,128)31-30-84(119)68-20-22-69(23-21-68)95(123)106-53-100(2,3)57-135-60-103(8,9)59-133-52-71-44-114(111-110-71)55-102(6,7)58-134-56-101(4,5)54-107-96(124)70-24-29-85(138-99-94(122)93(121)92(120)91(49-118)139-99)90(35-70)141-143(129,130)140-74-25-18-64(19-26-74)47-117(12,13)48-65-32-66(50-136-88-40-78-76(38-86(88)131-14)97(125)115-45-80-82(112(10)61-108-80)36-72(115)42-104-78)34-67(33-65)51-137-89-41-79-77(39-87(89)132-15)98(126)116-46-81-83(113(11)62-109-81)37-73(116)43-105-79/h16-29,32-35,38-44,61-62,72-73,91-94,99,118,120-122H,30-31,36-37,45-60H2,1-15H3,(H-,106,107,123,124)/p+1/t72-,73?,91+,92-,93-,94+,99+/m0/s1. The Hall–Kier alpha value is -12.9. The van der Waals surface area contributed by atoms with Crippen LogP contribution < -0.4 is 42.7 Å². The summed E-state index contributed by atoms with van der Waals surface area (Å²) >= 11 is 0. The topological polar surface area (TPSA) is 458 Å². The summed E-state index contributed by atoms with van der Waals surface area (Å²) in [6, 6.07) is 34.6. The number of Topliss-reactive ketones (excluding diaryl/α,β-unsaturated/α-hetero) is 1. The Labute approximate surface area is 831 Å². The van der Waals surface area contributed by atoms with Crippen molar-refractivity contribution < 1.29 is 117 Å². The van der Waals surface area contributed by atoms with Crippen molar-refractivity contribution in [3.63, 3.8) is 0 Å². The van der Waals surface area contributed by atoms with Crippen LogP contribution in [0.15, 0.2) is 167 Å². The molecule has 7 atom stereocenters. The smallest absolute Gasteiger partial charge is 0.493 e. The molecule has 15 rings (SSSR count). The average Bonchev–Trinajstić information content (AvgIpc) is 1.60. The molecule has 762 valence electrons. The van der Waals surface area contributed by atoms with Gasteiger partial charge in [0.1, 0.15) is 62.2 Å². The molecular weight excluding hydrogens is 1880 g/mol. The van der Waals surface area contributed by atoms with Crippen molar-refractivity contribution in [1.82, 2.24) is 54.5 Å². The number of aliphatic hydroxyl groups excluding tert-OH is 4. The molecule has 0 bridgehead atoms. The minimum atomic E-state index is -5.13. The monoisotopic (exact) mass is 2010 g/mol. The molecular formula is C103H125N14O24S2+. The first-order valence-corrected chi connectivity index (χ1v) is 50.0. The fraction of sp³-hybridized carbons (Fsp3) is 0.447. The molecule has 0 aliphatic carbocycles. The molecule has 5 aliphatic rings. The van der Waals surface area contributed by atoms with Crippen molar-refractivity contribution in [2.75, 3.05) is 86.8 Å². The van der Waals surface area contributed by atoms with Gasteiger partial charge in [-0.15, -0.1) is 13.5 Å². The molecule has 1 saturated heterocycles. The Morgan fingerprint density at radius 2 is 1.06 bits per heavy atom. The number of hydrogen-bond acceptors (Lipinski definition) is 30. The largest absolute Gasteiger partial charge is 0.501 e. The number of nitrogens with zero attached hydrogens (tertiary/aromatic N) is 12. The molecule has 38 nitrogen and oxygen atoms in total. The fourth-order valence-corrected chi connectivity index (χ4v) is 19.6. The van der Waals surface area contributed by atoms with E-state index in [0.29, 0.717) is 139 Å². The van der Waals surface area contributed by atoms with Crippen molar-refractivity contribution >= 4 is 73.5 Å². The van der Waals surface area contributed by atoms with Crippen molar-refractivity contribution in [1.29, 1.82) is 0 Å². The Morgan fingerprint density at radius 1 is 0.545 bits per heavy atom. The number of methoxy groups -OCH3 is 2. The number of carbonyl (C=O) groups excluding carboxylic acids is 5. The van der Waals surface area contributed by atoms with E-state index >= 15 is 0 Å². The van der Waals surface area contributed by atoms with E-state index in [-0.39, 0.29) is 104 Å². The molecule has 5 aliphatic heterocycles. The highest BCUT2D eigenvalue weighted by molar-refractivity contribution is 7.91. The van der Waals surface area contributed by atoms with Crippen LogP contribution in [0.2, 0.25) is 0 Å². The predicted octanol–water partition coefficient (Wildman–Crippen LogP) is 10.0. The van der Waals surface area contributed by atoms with E-state index in [1.165, 1.54) is 62.8 Å². The molecule has 3 aromatic heterocycles. The lowest BCUT2D eigenvalue weighted by Gasteiger charge is -2.39. The van der Waals surface area contributed by atoms with Crippen LogP contribution in [0.25, 0.3) is 0 Å². The zero-order valence-electron chi connectivity index (χ0n) is 82.9. The number of nitrogens with one attached hydrogen (secondary N) is 2. The zero-order valence-corrected chi connectivity index (χ0v) is 84.5. The number of carbonyl (C=O) groups is 5. The number of benzene rings is 7. The van der Waals surface area contributed by atoms with E-state index in [1.807, 2.05) is 124 Å². The fourth-order valence-electron chi connectivity index (χ4n) is 17.6. The van der Waals surface area contributed by atoms with Crippen LogP contribution in [0.3, 0.4) is 0 Å². The number of quaternary nitrogens is 1. The predicted molar refractivity (Wildman–Crippen MR) is 525 cm³/mol. The van der Waals surface area contributed by atoms with E-state index in [2.05, 4.69) is 30.9 Å². The number of ketones is 1. The minimum Gasteiger partial charge on any atom is -0.493 e. The van der Waals surface area contributed by atoms with Gasteiger partial charge in [-0.05, 0) is 115 Å². The number of hydrogen-bond donors (Lipinski definition) is 6. The van der Waals surface area contributed by atoms with Gasteiger partial charge in [0.15, 0.2) is 50.1 Å². The number of rotatable bonds is 44. The third-order valence-electron chi connectivity index (χ3n) is 25.4. The summed E-state index contributed by atoms with van der Waals surface area (Å²) in [5.41, 5.74) is 8.58. The highest BCUT2D eigenvalue weighted by Crippen LogP contribution is 2.43. The maximum absolute atomic E-state index is 14.3. The van der Waals surface area contributed by atoms with Gasteiger partial charge in [0, 0.05) is 138 Å². The SMILES string of the molecule is COc1cc2c(cc1OCc1cc(COc3cc4c(cc3OC)C(=O)N3Cc5ncn(C)c5C[C@H]3C=N4)cc(C[N+](C)(C)Cc3ccc(OS(=O)(=O)Oc4cc(C(=O)NCC(C)(C)COCC(C)(C)Cn5cc(COCC(C)(C)COCC(C)(C)CNC(=O)c6ccc(C(=O)CCS(=O)(=O)c7ccc(C)cc7)cc6)nn5)ccc4O[C@@H]4O[C@H](CO)[C@H](O)[C@H](O)[C@H]4O)cc3)c1)N=CC1Cc3c(ncn3C)CN1C2=O. The van der Waals surface area contributed by atoms with E-state index < -0.39 is 96.6 Å². The summed E-state index contributed by atoms with van der Waals surface area (Å²) in [6.07, 6.45) is 1.04. The first kappa shape index (κ1) is 104. The van der Waals surface area contributed by atoms with Crippen LogP contribution in [-0.2, 0) is 119 Å². The Morgan fingerprint density at radius 3 is 1.61 bits per heavy atom. The van der Waals surface area contributed by atoms with Crippen LogP contribution in [0, 0.1) is 28.6 Å². The van der Waals surface area contributed by atoms with Gasteiger partial charge >= 0.3 is 10.4 Å². The van der Waals surface area contributed by atoms with E-state index in [1.54, 1.807) is 100 Å². The van der Waals surface area contributed by atoms with Gasteiger partial charge in [0.05, 0.1) is 163 Å². The number of aryl methyl sites for hydroxylation is 3. The number of aliphatic hydroxyl groups is 4. The van der Waals surface area contributed by atoms with Gasteiger partial charge in [-0.1, -0.05) is 90.4 Å². The highest BCUT2D eigenvalue weighted by atomic mass is 32.3. The summed E-state index contributed by atoms with van der Waals surface area (Å²) in [6.45, 7) is 20.9. The number of ether oxygens (including phenoxy) is 9. The second kappa shape index (κ2) is 43.4. The molecule has 10 aromatic rings. The second-order valence-corrected chi connectivity index (χ2v) is 44.2. The molecule has 4 amide bonds. The Kier molecular flexibility index (Phi) is 31.7. The lowest BCUT2D eigenvalue weighted by molar-refractivity contribution is -0.916. The molecule has 0 spiro atoms. The molecule has 8 heterocycles. The lowest BCUT2D eigenvalue weighted by atomic mass is 9.93. The van der Waals surface area contributed by atoms with Gasteiger partial charge in [-0.25, -0.2) is 18.4 Å². The molecule has 40 heteroatoms. The van der Waals surface area contributed by atoms with Gasteiger partial charge in [-0.3, -0.25) is 38.6 Å². The first-order chi connectivity index (χ1) is 67.8. The number of sulfone groups is 1. The third-order valence-corrected chi connectivity index (χ3v) is 27.9. The summed E-state index contributed by atoms with van der Waals surface area (Å²) in [7, 11) is 2.17. The highest BCUT2D eigenvalue weighted by Gasteiger charge is 2.46. The summed E-state index contributed by atoms with van der Waals surface area (Å²) in [5.74, 6) is -1.91. The second-order valence-electron chi connectivity index (χ2n) is 41.0. The van der Waals surface area contributed by atoms with Crippen LogP contribution in [0.4, 0.5) is 11.4 Å². The van der Waals surface area contributed by atoms with Crippen LogP contribution in [0.1, 0.15) is 170 Å². The lowest BCUT2D eigenvalue weighted by Crippen LogP contribution is -2.60. The summed E-state index contributed by atoms with van der Waals surface area (Å²) < 4.78 is 126. The number of amides is 4. The number of imidazole rings is 2. The maximum atomic E-state index is 14.3. The minimum absolute atomic E-state index is 0.0339. The average molecular weight is 2010 g/mol. The Bertz CT molecular complexity index is 6470. The molecule has 143 heavy (non-hydrogen) atoms. The van der Waals surface area contributed by atoms with E-state index in [9.17, 15) is 61.2 Å².